The van der Waals surface area contributed by atoms with Crippen LogP contribution in [0.4, 0.5) is 13.2 Å². The number of benzene rings is 1. The minimum Gasteiger partial charge on any atom is -0.484 e. The molecule has 1 aromatic rings. The summed E-state index contributed by atoms with van der Waals surface area (Å²) in [6, 6.07) is 5.65. The molecule has 2 N–H and O–H groups in total. The van der Waals surface area contributed by atoms with E-state index < -0.39 is 30.6 Å². The molecule has 1 amide bonds. The van der Waals surface area contributed by atoms with Crippen LogP contribution in [0, 0.1) is 5.92 Å². The molecule has 0 fully saturated rings. The molecule has 5 nitrogen and oxygen atoms in total. The van der Waals surface area contributed by atoms with Gasteiger partial charge in [-0.1, -0.05) is 12.1 Å². The van der Waals surface area contributed by atoms with E-state index in [0.29, 0.717) is 5.56 Å². The molecule has 0 aliphatic heterocycles. The van der Waals surface area contributed by atoms with Gasteiger partial charge in [-0.3, -0.25) is 9.59 Å². The van der Waals surface area contributed by atoms with Crippen molar-refractivity contribution < 1.29 is 32.6 Å². The van der Waals surface area contributed by atoms with Gasteiger partial charge in [-0.2, -0.15) is 13.2 Å². The van der Waals surface area contributed by atoms with Crippen LogP contribution in [0.2, 0.25) is 0 Å². The Kier molecular flexibility index (Phi) is 5.57. The van der Waals surface area contributed by atoms with Gasteiger partial charge in [0.15, 0.2) is 6.61 Å². The van der Waals surface area contributed by atoms with Crippen molar-refractivity contribution in [1.82, 2.24) is 5.32 Å². The van der Waals surface area contributed by atoms with Gasteiger partial charge in [-0.15, -0.1) is 0 Å². The number of carboxylic acid groups (broad SMARTS) is 1. The van der Waals surface area contributed by atoms with E-state index in [9.17, 15) is 22.8 Å². The van der Waals surface area contributed by atoms with Gasteiger partial charge in [0.1, 0.15) is 11.7 Å². The zero-order valence-electron chi connectivity index (χ0n) is 11.1. The Hall–Kier alpha value is -2.25. The molecule has 116 valence electrons. The highest BCUT2D eigenvalue weighted by Crippen LogP contribution is 2.18. The maximum atomic E-state index is 12.0. The topological polar surface area (TPSA) is 75.6 Å². The molecule has 0 aliphatic carbocycles. The number of carboxylic acids is 1. The molecule has 1 rings (SSSR count). The normalized spacial score (nSPS) is 12.6. The van der Waals surface area contributed by atoms with Crippen molar-refractivity contribution in [2.75, 3.05) is 6.61 Å². The Morgan fingerprint density at radius 2 is 1.86 bits per heavy atom. The molecule has 1 unspecified atom stereocenters. The van der Waals surface area contributed by atoms with Crippen LogP contribution in [0.15, 0.2) is 24.3 Å². The lowest BCUT2D eigenvalue weighted by molar-refractivity contribution is -0.153. The second-order valence-electron chi connectivity index (χ2n) is 4.33. The van der Waals surface area contributed by atoms with Crippen molar-refractivity contribution in [1.29, 1.82) is 0 Å². The second kappa shape index (κ2) is 6.96. The molecule has 1 atom stereocenters. The van der Waals surface area contributed by atoms with Crippen molar-refractivity contribution in [3.8, 4) is 5.75 Å². The van der Waals surface area contributed by atoms with Gasteiger partial charge in [0.05, 0.1) is 0 Å². The van der Waals surface area contributed by atoms with Crippen LogP contribution >= 0.6 is 0 Å². The Balaban J connectivity index is 2.48. The average Bonchev–Trinajstić information content (AvgIpc) is 2.41. The lowest BCUT2D eigenvalue weighted by atomic mass is 10.1. The number of rotatable bonds is 6. The van der Waals surface area contributed by atoms with Gasteiger partial charge < -0.3 is 15.2 Å². The van der Waals surface area contributed by atoms with E-state index in [1.165, 1.54) is 31.2 Å². The summed E-state index contributed by atoms with van der Waals surface area (Å²) in [6.45, 7) is -0.0407. The molecule has 0 radical (unpaired) electrons. The Labute approximate surface area is 118 Å². The summed E-state index contributed by atoms with van der Waals surface area (Å²) in [5, 5.41) is 11.1. The molecule has 0 bridgehead atoms. The average molecular weight is 305 g/mol. The maximum Gasteiger partial charge on any atom is 0.422 e. The fourth-order valence-electron chi connectivity index (χ4n) is 1.32. The van der Waals surface area contributed by atoms with Gasteiger partial charge in [-0.25, -0.2) is 0 Å². The zero-order valence-corrected chi connectivity index (χ0v) is 11.1. The largest absolute Gasteiger partial charge is 0.484 e. The predicted molar refractivity (Wildman–Crippen MR) is 66.6 cm³/mol. The van der Waals surface area contributed by atoms with Crippen molar-refractivity contribution in [3.05, 3.63) is 29.8 Å². The van der Waals surface area contributed by atoms with Crippen LogP contribution in [-0.2, 0) is 16.1 Å². The molecule has 0 saturated carbocycles. The zero-order chi connectivity index (χ0) is 16.0. The molecule has 0 heterocycles. The van der Waals surface area contributed by atoms with E-state index in [0.717, 1.165) is 0 Å². The Bertz CT molecular complexity index is 499. The van der Waals surface area contributed by atoms with E-state index >= 15 is 0 Å². The van der Waals surface area contributed by atoms with Gasteiger partial charge in [0, 0.05) is 6.54 Å². The summed E-state index contributed by atoms with van der Waals surface area (Å²) in [6.07, 6.45) is -4.40. The molecule has 0 saturated heterocycles. The number of carbonyl (C=O) groups is 2. The van der Waals surface area contributed by atoms with E-state index in [2.05, 4.69) is 10.1 Å². The second-order valence-corrected chi connectivity index (χ2v) is 4.33. The van der Waals surface area contributed by atoms with Gasteiger partial charge in [0.25, 0.3) is 0 Å². The first-order valence-corrected chi connectivity index (χ1v) is 5.98. The highest BCUT2D eigenvalue weighted by molar-refractivity contribution is 5.96. The maximum absolute atomic E-state index is 12.0. The first-order chi connectivity index (χ1) is 9.69. The van der Waals surface area contributed by atoms with E-state index in [1.54, 1.807) is 0 Å². The summed E-state index contributed by atoms with van der Waals surface area (Å²) in [5.74, 6) is -2.98. The summed E-state index contributed by atoms with van der Waals surface area (Å²) >= 11 is 0. The molecular weight excluding hydrogens is 291 g/mol. The fraction of sp³-hybridized carbons (Fsp3) is 0.385. The van der Waals surface area contributed by atoms with Crippen molar-refractivity contribution in [3.63, 3.8) is 0 Å². The first kappa shape index (κ1) is 16.8. The van der Waals surface area contributed by atoms with Gasteiger partial charge in [-0.05, 0) is 24.6 Å². The number of halogens is 3. The summed E-state index contributed by atoms with van der Waals surface area (Å²) in [5.41, 5.74) is 0.611. The predicted octanol–water partition coefficient (Wildman–Crippen LogP) is 1.96. The number of ether oxygens (including phenoxy) is 1. The minimum atomic E-state index is -4.40. The van der Waals surface area contributed by atoms with Crippen molar-refractivity contribution >= 4 is 11.9 Å². The van der Waals surface area contributed by atoms with Crippen LogP contribution in [-0.4, -0.2) is 29.8 Å². The Morgan fingerprint density at radius 1 is 1.29 bits per heavy atom. The number of hydrogen-bond donors (Lipinski definition) is 2. The molecule has 8 heteroatoms. The highest BCUT2D eigenvalue weighted by atomic mass is 19.4. The number of aliphatic carboxylic acids is 1. The van der Waals surface area contributed by atoms with E-state index in [4.69, 9.17) is 5.11 Å². The smallest absolute Gasteiger partial charge is 0.422 e. The third-order valence-corrected chi connectivity index (χ3v) is 2.56. The summed E-state index contributed by atoms with van der Waals surface area (Å²) in [7, 11) is 0. The summed E-state index contributed by atoms with van der Waals surface area (Å²) < 4.78 is 40.4. The number of alkyl halides is 3. The quantitative estimate of drug-likeness (QED) is 0.788. The molecule has 0 aromatic heterocycles. The first-order valence-electron chi connectivity index (χ1n) is 5.98. The fourth-order valence-corrected chi connectivity index (χ4v) is 1.32. The molecule has 21 heavy (non-hydrogen) atoms. The van der Waals surface area contributed by atoms with Crippen LogP contribution in [0.1, 0.15) is 12.5 Å². The molecule has 1 aromatic carbocycles. The van der Waals surface area contributed by atoms with Crippen molar-refractivity contribution in [2.45, 2.75) is 19.6 Å². The summed E-state index contributed by atoms with van der Waals surface area (Å²) in [4.78, 5) is 22.0. The third kappa shape index (κ3) is 6.15. The van der Waals surface area contributed by atoms with Crippen LogP contribution in [0.3, 0.4) is 0 Å². The van der Waals surface area contributed by atoms with Crippen LogP contribution in [0.5, 0.6) is 5.75 Å². The lowest BCUT2D eigenvalue weighted by Crippen LogP contribution is -2.33. The molecule has 0 aliphatic rings. The minimum absolute atomic E-state index is 0.0568. The number of carbonyl (C=O) groups excluding carboxylic acids is 1. The third-order valence-electron chi connectivity index (χ3n) is 2.56. The standard InChI is InChI=1S/C13H14F3NO4/c1-8(12(19)20)11(18)17-6-9-2-4-10(5-3-9)21-7-13(14,15)16/h2-5,8H,6-7H2,1H3,(H,17,18)(H,19,20). The molecule has 0 spiro atoms. The van der Waals surface area contributed by atoms with Gasteiger partial charge in [0.2, 0.25) is 5.91 Å². The number of amides is 1. The number of nitrogens with one attached hydrogen (secondary N) is 1. The lowest BCUT2D eigenvalue weighted by Gasteiger charge is -2.10. The monoisotopic (exact) mass is 305 g/mol. The highest BCUT2D eigenvalue weighted by Gasteiger charge is 2.28. The van der Waals surface area contributed by atoms with Crippen LogP contribution < -0.4 is 10.1 Å². The van der Waals surface area contributed by atoms with E-state index in [-0.39, 0.29) is 12.3 Å². The Morgan fingerprint density at radius 3 is 2.33 bits per heavy atom. The SMILES string of the molecule is CC(C(=O)O)C(=O)NCc1ccc(OCC(F)(F)F)cc1. The number of hydrogen-bond acceptors (Lipinski definition) is 3. The van der Waals surface area contributed by atoms with Crippen molar-refractivity contribution in [2.24, 2.45) is 5.92 Å². The van der Waals surface area contributed by atoms with Crippen LogP contribution in [0.25, 0.3) is 0 Å². The van der Waals surface area contributed by atoms with E-state index in [1.807, 2.05) is 0 Å². The van der Waals surface area contributed by atoms with Gasteiger partial charge >= 0.3 is 12.1 Å². The molecular formula is C13H14F3NO4.